The van der Waals surface area contributed by atoms with Crippen LogP contribution in [0.5, 0.6) is 5.75 Å². The van der Waals surface area contributed by atoms with E-state index >= 15 is 0 Å². The van der Waals surface area contributed by atoms with E-state index in [1.807, 2.05) is 30.0 Å². The van der Waals surface area contributed by atoms with Crippen molar-refractivity contribution in [3.05, 3.63) is 29.3 Å². The van der Waals surface area contributed by atoms with E-state index in [1.165, 1.54) is 12.8 Å². The van der Waals surface area contributed by atoms with Crippen molar-refractivity contribution in [1.29, 1.82) is 0 Å². The molecule has 116 valence electrons. The summed E-state index contributed by atoms with van der Waals surface area (Å²) in [5.41, 5.74) is 2.04. The Kier molecular flexibility index (Phi) is 5.62. The highest BCUT2D eigenvalue weighted by Gasteiger charge is 2.26. The van der Waals surface area contributed by atoms with Crippen LogP contribution in [0.25, 0.3) is 0 Å². The van der Waals surface area contributed by atoms with Gasteiger partial charge in [0, 0.05) is 18.2 Å². The fraction of sp³-hybridized carbons (Fsp3) is 0.588. The van der Waals surface area contributed by atoms with E-state index in [4.69, 9.17) is 4.74 Å². The predicted octanol–water partition coefficient (Wildman–Crippen LogP) is 2.31. The lowest BCUT2D eigenvalue weighted by atomic mass is 10.1. The van der Waals surface area contributed by atoms with Crippen molar-refractivity contribution in [2.75, 3.05) is 20.3 Å². The van der Waals surface area contributed by atoms with E-state index in [-0.39, 0.29) is 12.5 Å². The van der Waals surface area contributed by atoms with Crippen LogP contribution in [0.4, 0.5) is 0 Å². The van der Waals surface area contributed by atoms with Crippen LogP contribution in [-0.4, -0.2) is 42.2 Å². The number of amides is 1. The molecule has 1 saturated carbocycles. The van der Waals surface area contributed by atoms with Crippen LogP contribution in [0, 0.1) is 6.92 Å². The fourth-order valence-corrected chi connectivity index (χ4v) is 3.14. The van der Waals surface area contributed by atoms with Gasteiger partial charge in [0.2, 0.25) is 5.91 Å². The number of rotatable bonds is 6. The summed E-state index contributed by atoms with van der Waals surface area (Å²) in [6, 6.07) is 6.18. The third-order valence-electron chi connectivity index (χ3n) is 4.20. The minimum Gasteiger partial charge on any atom is -0.496 e. The molecule has 1 aliphatic rings. The number of hydrogen-bond acceptors (Lipinski definition) is 3. The maximum Gasteiger partial charge on any atom is 0.227 e. The first kappa shape index (κ1) is 15.8. The van der Waals surface area contributed by atoms with E-state index in [0.717, 1.165) is 29.7 Å². The molecule has 1 fully saturated rings. The molecule has 0 saturated heterocycles. The molecule has 1 amide bonds. The van der Waals surface area contributed by atoms with Gasteiger partial charge in [-0.2, -0.15) is 0 Å². The summed E-state index contributed by atoms with van der Waals surface area (Å²) in [6.45, 7) is 2.46. The Hall–Kier alpha value is -1.55. The van der Waals surface area contributed by atoms with Crippen molar-refractivity contribution in [2.45, 2.75) is 45.1 Å². The molecule has 21 heavy (non-hydrogen) atoms. The van der Waals surface area contributed by atoms with Crippen LogP contribution in [-0.2, 0) is 11.2 Å². The molecular formula is C17H25NO3. The standard InChI is InChI=1S/C17H25NO3/c1-13-7-8-16(21-2)14(11-13)12-17(20)18(9-10-19)15-5-3-4-6-15/h7-8,11,15,19H,3-6,9-10,12H2,1-2H3. The molecule has 0 radical (unpaired) electrons. The molecule has 0 unspecified atom stereocenters. The van der Waals surface area contributed by atoms with Gasteiger partial charge in [0.15, 0.2) is 0 Å². The summed E-state index contributed by atoms with van der Waals surface area (Å²) in [4.78, 5) is 14.5. The van der Waals surface area contributed by atoms with Gasteiger partial charge >= 0.3 is 0 Å². The second-order valence-electron chi connectivity index (χ2n) is 5.74. The third kappa shape index (κ3) is 3.97. The maximum atomic E-state index is 12.6. The van der Waals surface area contributed by atoms with Gasteiger partial charge in [0.25, 0.3) is 0 Å². The van der Waals surface area contributed by atoms with Crippen LogP contribution in [0.15, 0.2) is 18.2 Å². The predicted molar refractivity (Wildman–Crippen MR) is 82.5 cm³/mol. The lowest BCUT2D eigenvalue weighted by Crippen LogP contribution is -2.41. The van der Waals surface area contributed by atoms with Gasteiger partial charge in [-0.15, -0.1) is 0 Å². The highest BCUT2D eigenvalue weighted by atomic mass is 16.5. The van der Waals surface area contributed by atoms with E-state index in [9.17, 15) is 9.90 Å². The number of aliphatic hydroxyl groups excluding tert-OH is 1. The molecule has 0 aliphatic heterocycles. The van der Waals surface area contributed by atoms with Gasteiger partial charge < -0.3 is 14.7 Å². The third-order valence-corrected chi connectivity index (χ3v) is 4.20. The minimum absolute atomic E-state index is 0.0210. The number of aliphatic hydroxyl groups is 1. The normalized spacial score (nSPS) is 15.2. The van der Waals surface area contributed by atoms with Crippen LogP contribution in [0.1, 0.15) is 36.8 Å². The zero-order valence-electron chi connectivity index (χ0n) is 13.0. The molecule has 0 spiro atoms. The first-order chi connectivity index (χ1) is 10.2. The summed E-state index contributed by atoms with van der Waals surface area (Å²) in [6.07, 6.45) is 4.79. The number of benzene rings is 1. The van der Waals surface area contributed by atoms with Gasteiger partial charge in [-0.25, -0.2) is 0 Å². The molecule has 1 N–H and O–H groups in total. The Labute approximate surface area is 126 Å². The summed E-state index contributed by atoms with van der Waals surface area (Å²) in [7, 11) is 1.63. The summed E-state index contributed by atoms with van der Waals surface area (Å²) in [5.74, 6) is 0.837. The number of methoxy groups -OCH3 is 1. The van der Waals surface area contributed by atoms with Crippen molar-refractivity contribution >= 4 is 5.91 Å². The monoisotopic (exact) mass is 291 g/mol. The molecular weight excluding hydrogens is 266 g/mol. The van der Waals surface area contributed by atoms with Crippen LogP contribution >= 0.6 is 0 Å². The topological polar surface area (TPSA) is 49.8 Å². The average molecular weight is 291 g/mol. The molecule has 4 heteroatoms. The summed E-state index contributed by atoms with van der Waals surface area (Å²) >= 11 is 0. The van der Waals surface area contributed by atoms with E-state index < -0.39 is 0 Å². The lowest BCUT2D eigenvalue weighted by Gasteiger charge is -2.28. The van der Waals surface area contributed by atoms with Crippen molar-refractivity contribution < 1.29 is 14.6 Å². The average Bonchev–Trinajstić information content (AvgIpc) is 2.98. The van der Waals surface area contributed by atoms with Gasteiger partial charge in [-0.1, -0.05) is 30.5 Å². The SMILES string of the molecule is COc1ccc(C)cc1CC(=O)N(CCO)C1CCCC1. The number of ether oxygens (including phenoxy) is 1. The fourth-order valence-electron chi connectivity index (χ4n) is 3.14. The number of hydrogen-bond donors (Lipinski definition) is 1. The molecule has 4 nitrogen and oxygen atoms in total. The highest BCUT2D eigenvalue weighted by molar-refractivity contribution is 5.80. The number of carbonyl (C=O) groups excluding carboxylic acids is 1. The summed E-state index contributed by atoms with van der Waals surface area (Å²) in [5, 5.41) is 9.24. The Balaban J connectivity index is 2.12. The molecule has 0 aromatic heterocycles. The zero-order chi connectivity index (χ0) is 15.2. The first-order valence-corrected chi connectivity index (χ1v) is 7.69. The van der Waals surface area contributed by atoms with Crippen molar-refractivity contribution in [1.82, 2.24) is 4.90 Å². The van der Waals surface area contributed by atoms with Gasteiger partial charge in [0.1, 0.15) is 5.75 Å². The summed E-state index contributed by atoms with van der Waals surface area (Å²) < 4.78 is 5.35. The molecule has 0 bridgehead atoms. The molecule has 1 aliphatic carbocycles. The van der Waals surface area contributed by atoms with E-state index in [2.05, 4.69) is 0 Å². The van der Waals surface area contributed by atoms with Crippen molar-refractivity contribution in [3.8, 4) is 5.75 Å². The highest BCUT2D eigenvalue weighted by Crippen LogP contribution is 2.26. The molecule has 0 atom stereocenters. The largest absolute Gasteiger partial charge is 0.496 e. The smallest absolute Gasteiger partial charge is 0.227 e. The minimum atomic E-state index is 0.0210. The Morgan fingerprint density at radius 2 is 2.10 bits per heavy atom. The van der Waals surface area contributed by atoms with Crippen LogP contribution in [0.3, 0.4) is 0 Å². The first-order valence-electron chi connectivity index (χ1n) is 7.69. The quantitative estimate of drug-likeness (QED) is 0.875. The van der Waals surface area contributed by atoms with Gasteiger partial charge in [-0.05, 0) is 25.8 Å². The second kappa shape index (κ2) is 7.46. The molecule has 1 aromatic rings. The molecule has 1 aromatic carbocycles. The lowest BCUT2D eigenvalue weighted by molar-refractivity contribution is -0.133. The number of carbonyl (C=O) groups is 1. The van der Waals surface area contributed by atoms with Crippen LogP contribution < -0.4 is 4.74 Å². The molecule has 2 rings (SSSR count). The van der Waals surface area contributed by atoms with E-state index in [1.54, 1.807) is 7.11 Å². The van der Waals surface area contributed by atoms with Crippen molar-refractivity contribution in [2.24, 2.45) is 0 Å². The van der Waals surface area contributed by atoms with Crippen LogP contribution in [0.2, 0.25) is 0 Å². The molecule has 0 heterocycles. The zero-order valence-corrected chi connectivity index (χ0v) is 13.0. The Morgan fingerprint density at radius 3 is 2.71 bits per heavy atom. The Bertz CT molecular complexity index is 481. The number of aryl methyl sites for hydroxylation is 1. The van der Waals surface area contributed by atoms with E-state index in [0.29, 0.717) is 19.0 Å². The van der Waals surface area contributed by atoms with Gasteiger partial charge in [-0.3, -0.25) is 4.79 Å². The Morgan fingerprint density at radius 1 is 1.38 bits per heavy atom. The number of nitrogens with zero attached hydrogens (tertiary/aromatic N) is 1. The maximum absolute atomic E-state index is 12.6. The second-order valence-corrected chi connectivity index (χ2v) is 5.74. The van der Waals surface area contributed by atoms with Gasteiger partial charge in [0.05, 0.1) is 20.1 Å². The van der Waals surface area contributed by atoms with Crippen molar-refractivity contribution in [3.63, 3.8) is 0 Å².